The first-order valence-electron chi connectivity index (χ1n) is 5.52. The average molecular weight is 227 g/mol. The van der Waals surface area contributed by atoms with Crippen LogP contribution >= 0.6 is 0 Å². The minimum Gasteiger partial charge on any atom is -0.368 e. The second-order valence-corrected chi connectivity index (χ2v) is 3.98. The Balaban J connectivity index is 2.16. The second kappa shape index (κ2) is 4.89. The third-order valence-corrected chi connectivity index (χ3v) is 2.82. The van der Waals surface area contributed by atoms with Crippen molar-refractivity contribution in [3.63, 3.8) is 0 Å². The number of halogens is 2. The first-order valence-corrected chi connectivity index (χ1v) is 5.52. The molecule has 2 nitrogen and oxygen atoms in total. The summed E-state index contributed by atoms with van der Waals surface area (Å²) in [7, 11) is 0. The Morgan fingerprint density at radius 1 is 1.38 bits per heavy atom. The first kappa shape index (κ1) is 11.5. The van der Waals surface area contributed by atoms with E-state index < -0.39 is 11.6 Å². The molecule has 0 radical (unpaired) electrons. The molecule has 0 amide bonds. The highest BCUT2D eigenvalue weighted by Crippen LogP contribution is 2.25. The van der Waals surface area contributed by atoms with E-state index in [9.17, 15) is 8.78 Å². The molecule has 1 saturated heterocycles. The van der Waals surface area contributed by atoms with E-state index in [2.05, 4.69) is 5.32 Å². The molecule has 1 heterocycles. The molecule has 1 aromatic carbocycles. The van der Waals surface area contributed by atoms with Gasteiger partial charge in [-0.1, -0.05) is 13.0 Å². The predicted molar refractivity (Wildman–Crippen MR) is 57.1 cm³/mol. The Hall–Kier alpha value is -1.00. The number of benzene rings is 1. The lowest BCUT2D eigenvalue weighted by molar-refractivity contribution is -0.0415. The van der Waals surface area contributed by atoms with Crippen molar-refractivity contribution in [2.75, 3.05) is 13.1 Å². The molecule has 88 valence electrons. The highest BCUT2D eigenvalue weighted by atomic mass is 19.1. The van der Waals surface area contributed by atoms with Crippen LogP contribution < -0.4 is 5.32 Å². The standard InChI is InChI=1S/C12H15F2NO/c1-2-9-6-15-7-12(16-9)10-4-3-8(13)5-11(10)14/h3-5,9,12,15H,2,6-7H2,1H3. The van der Waals surface area contributed by atoms with Crippen LogP contribution in [0, 0.1) is 11.6 Å². The molecule has 2 atom stereocenters. The molecule has 0 bridgehead atoms. The molecule has 0 aliphatic carbocycles. The maximum absolute atomic E-state index is 13.5. The number of hydrogen-bond acceptors (Lipinski definition) is 2. The third-order valence-electron chi connectivity index (χ3n) is 2.82. The Labute approximate surface area is 93.6 Å². The molecule has 0 aromatic heterocycles. The van der Waals surface area contributed by atoms with Gasteiger partial charge in [0.2, 0.25) is 0 Å². The maximum Gasteiger partial charge on any atom is 0.131 e. The van der Waals surface area contributed by atoms with Gasteiger partial charge in [-0.15, -0.1) is 0 Å². The van der Waals surface area contributed by atoms with Crippen LogP contribution in [0.25, 0.3) is 0 Å². The normalized spacial score (nSPS) is 25.7. The lowest BCUT2D eigenvalue weighted by Crippen LogP contribution is -2.40. The Morgan fingerprint density at radius 3 is 2.88 bits per heavy atom. The van der Waals surface area contributed by atoms with Crippen LogP contribution in [0.2, 0.25) is 0 Å². The lowest BCUT2D eigenvalue weighted by atomic mass is 10.1. The quantitative estimate of drug-likeness (QED) is 0.837. The molecule has 16 heavy (non-hydrogen) atoms. The van der Waals surface area contributed by atoms with Gasteiger partial charge in [0.25, 0.3) is 0 Å². The molecular weight excluding hydrogens is 212 g/mol. The van der Waals surface area contributed by atoms with E-state index in [4.69, 9.17) is 4.74 Å². The second-order valence-electron chi connectivity index (χ2n) is 3.98. The fourth-order valence-corrected chi connectivity index (χ4v) is 1.89. The molecule has 4 heteroatoms. The molecule has 0 saturated carbocycles. The number of rotatable bonds is 2. The van der Waals surface area contributed by atoms with Gasteiger partial charge in [-0.3, -0.25) is 0 Å². The highest BCUT2D eigenvalue weighted by molar-refractivity contribution is 5.21. The zero-order valence-electron chi connectivity index (χ0n) is 9.17. The summed E-state index contributed by atoms with van der Waals surface area (Å²) in [5.74, 6) is -1.10. The molecule has 1 fully saturated rings. The molecule has 1 aromatic rings. The summed E-state index contributed by atoms with van der Waals surface area (Å²) < 4.78 is 32.0. The SMILES string of the molecule is CCC1CNCC(c2ccc(F)cc2F)O1. The Kier molecular flexibility index (Phi) is 3.51. The summed E-state index contributed by atoms with van der Waals surface area (Å²) in [4.78, 5) is 0. The third kappa shape index (κ3) is 2.39. The summed E-state index contributed by atoms with van der Waals surface area (Å²) >= 11 is 0. The van der Waals surface area contributed by atoms with Gasteiger partial charge in [-0.25, -0.2) is 8.78 Å². The van der Waals surface area contributed by atoms with Crippen molar-refractivity contribution in [2.45, 2.75) is 25.6 Å². The van der Waals surface area contributed by atoms with E-state index in [1.807, 2.05) is 6.92 Å². The van der Waals surface area contributed by atoms with Crippen LogP contribution in [0.15, 0.2) is 18.2 Å². The first-order chi connectivity index (χ1) is 7.70. The van der Waals surface area contributed by atoms with Crippen molar-refractivity contribution in [2.24, 2.45) is 0 Å². The molecule has 1 N–H and O–H groups in total. The largest absolute Gasteiger partial charge is 0.368 e. The number of morpholine rings is 1. The molecule has 1 aliphatic heterocycles. The van der Waals surface area contributed by atoms with Gasteiger partial charge in [0.05, 0.1) is 12.2 Å². The molecule has 1 aliphatic rings. The summed E-state index contributed by atoms with van der Waals surface area (Å²) in [6, 6.07) is 3.61. The van der Waals surface area contributed by atoms with Crippen LogP contribution in [0.4, 0.5) is 8.78 Å². The van der Waals surface area contributed by atoms with Gasteiger partial charge < -0.3 is 10.1 Å². The Bertz CT molecular complexity index is 370. The molecular formula is C12H15F2NO. The number of nitrogens with one attached hydrogen (secondary N) is 1. The maximum atomic E-state index is 13.5. The zero-order valence-corrected chi connectivity index (χ0v) is 9.17. The van der Waals surface area contributed by atoms with E-state index in [1.54, 1.807) is 0 Å². The number of hydrogen-bond donors (Lipinski definition) is 1. The van der Waals surface area contributed by atoms with Crippen LogP contribution in [0.1, 0.15) is 25.0 Å². The van der Waals surface area contributed by atoms with E-state index >= 15 is 0 Å². The summed E-state index contributed by atoms with van der Waals surface area (Å²) in [6.45, 7) is 3.38. The van der Waals surface area contributed by atoms with E-state index in [1.165, 1.54) is 12.1 Å². The lowest BCUT2D eigenvalue weighted by Gasteiger charge is -2.30. The van der Waals surface area contributed by atoms with Gasteiger partial charge in [0.1, 0.15) is 11.6 Å². The van der Waals surface area contributed by atoms with Crippen molar-refractivity contribution < 1.29 is 13.5 Å². The van der Waals surface area contributed by atoms with Crippen molar-refractivity contribution in [1.29, 1.82) is 0 Å². The molecule has 2 unspecified atom stereocenters. The fraction of sp³-hybridized carbons (Fsp3) is 0.500. The summed E-state index contributed by atoms with van der Waals surface area (Å²) in [5, 5.41) is 3.19. The van der Waals surface area contributed by atoms with Crippen LogP contribution in [0.3, 0.4) is 0 Å². The zero-order chi connectivity index (χ0) is 11.5. The smallest absolute Gasteiger partial charge is 0.131 e. The van der Waals surface area contributed by atoms with Crippen molar-refractivity contribution >= 4 is 0 Å². The predicted octanol–water partition coefficient (Wildman–Crippen LogP) is 2.40. The molecule has 0 spiro atoms. The Morgan fingerprint density at radius 2 is 2.19 bits per heavy atom. The monoisotopic (exact) mass is 227 g/mol. The van der Waals surface area contributed by atoms with Gasteiger partial charge >= 0.3 is 0 Å². The highest BCUT2D eigenvalue weighted by Gasteiger charge is 2.24. The van der Waals surface area contributed by atoms with Gasteiger partial charge in [-0.05, 0) is 12.5 Å². The average Bonchev–Trinajstić information content (AvgIpc) is 2.29. The minimum absolute atomic E-state index is 0.100. The summed E-state index contributed by atoms with van der Waals surface area (Å²) in [6.07, 6.45) is 0.661. The van der Waals surface area contributed by atoms with Crippen LogP contribution in [-0.4, -0.2) is 19.2 Å². The summed E-state index contributed by atoms with van der Waals surface area (Å²) in [5.41, 5.74) is 0.423. The minimum atomic E-state index is -0.558. The van der Waals surface area contributed by atoms with E-state index in [0.717, 1.165) is 19.0 Å². The van der Waals surface area contributed by atoms with Crippen molar-refractivity contribution in [3.05, 3.63) is 35.4 Å². The van der Waals surface area contributed by atoms with Gasteiger partial charge in [-0.2, -0.15) is 0 Å². The number of ether oxygens (including phenoxy) is 1. The van der Waals surface area contributed by atoms with E-state index in [0.29, 0.717) is 12.1 Å². The molecule has 2 rings (SSSR count). The van der Waals surface area contributed by atoms with E-state index in [-0.39, 0.29) is 12.2 Å². The van der Waals surface area contributed by atoms with Crippen LogP contribution in [0.5, 0.6) is 0 Å². The topological polar surface area (TPSA) is 21.3 Å². The fourth-order valence-electron chi connectivity index (χ4n) is 1.89. The van der Waals surface area contributed by atoms with Gasteiger partial charge in [0.15, 0.2) is 0 Å². The van der Waals surface area contributed by atoms with Crippen LogP contribution in [-0.2, 0) is 4.74 Å². The van der Waals surface area contributed by atoms with Crippen molar-refractivity contribution in [1.82, 2.24) is 5.32 Å². The van der Waals surface area contributed by atoms with Gasteiger partial charge in [0, 0.05) is 24.7 Å². The van der Waals surface area contributed by atoms with Crippen molar-refractivity contribution in [3.8, 4) is 0 Å².